The molecule has 3 fully saturated rings. The number of nitrogens with one attached hydrogen (secondary N) is 4. The Morgan fingerprint density at radius 3 is 0.965 bits per heavy atom. The molecule has 0 saturated carbocycles. The molecule has 0 bridgehead atoms. The normalized spacial score (nSPS) is 14.3. The van der Waals surface area contributed by atoms with Crippen LogP contribution in [0, 0.1) is 0 Å². The van der Waals surface area contributed by atoms with Crippen molar-refractivity contribution < 1.29 is 28.8 Å². The van der Waals surface area contributed by atoms with Gasteiger partial charge in [0.1, 0.15) is 22.3 Å². The van der Waals surface area contributed by atoms with Crippen LogP contribution in [0.25, 0.3) is 66.9 Å². The van der Waals surface area contributed by atoms with Crippen LogP contribution >= 0.6 is 0 Å². The Balaban J connectivity index is 0.000000117. The zero-order valence-corrected chi connectivity index (χ0v) is 79.0. The third-order valence-electron chi connectivity index (χ3n) is 27.4. The maximum absolute atomic E-state index is 13.0. The molecule has 7 aliphatic rings. The van der Waals surface area contributed by atoms with Gasteiger partial charge in [-0.15, -0.1) is 0 Å². The molecule has 34 nitrogen and oxygen atoms in total. The van der Waals surface area contributed by atoms with E-state index in [0.717, 1.165) is 176 Å². The molecule has 720 valence electrons. The van der Waals surface area contributed by atoms with Crippen molar-refractivity contribution >= 4 is 132 Å². The molecule has 8 aromatic heterocycles. The molecular formula is C109H104N24O10. The van der Waals surface area contributed by atoms with Crippen LogP contribution in [0.2, 0.25) is 0 Å². The lowest BCUT2D eigenvalue weighted by Gasteiger charge is -2.18. The number of nitrogens with two attached hydrogens (primary N) is 4. The molecule has 4 aliphatic carbocycles. The molecule has 0 unspecified atom stereocenters. The number of hydrogen-bond donors (Lipinski definition) is 8. The number of carbonyl (C=O) groups is 6. The molecule has 23 rings (SSSR count). The van der Waals surface area contributed by atoms with Crippen molar-refractivity contribution in [3.63, 3.8) is 0 Å². The average molecular weight is 1910 g/mol. The molecule has 0 radical (unpaired) electrons. The maximum Gasteiger partial charge on any atom is 0.254 e. The van der Waals surface area contributed by atoms with Gasteiger partial charge in [0.15, 0.2) is 22.6 Å². The quantitative estimate of drug-likeness (QED) is 0.0331. The number of nitrogens with zero attached hydrogens (tertiary/aromatic N) is 16. The summed E-state index contributed by atoms with van der Waals surface area (Å²) in [5.41, 5.74) is 41.6. The summed E-state index contributed by atoms with van der Waals surface area (Å²) in [4.78, 5) is 169. The predicted octanol–water partition coefficient (Wildman–Crippen LogP) is 13.6. The van der Waals surface area contributed by atoms with Gasteiger partial charge in [-0.1, -0.05) is 42.5 Å². The Hall–Kier alpha value is -17.3. The van der Waals surface area contributed by atoms with Crippen LogP contribution < -0.4 is 70.8 Å². The average Bonchev–Trinajstić information content (AvgIpc) is 1.76. The van der Waals surface area contributed by atoms with Gasteiger partial charge in [-0.3, -0.25) is 52.8 Å². The van der Waals surface area contributed by atoms with Gasteiger partial charge in [0.25, 0.3) is 35.4 Å². The first-order valence-corrected chi connectivity index (χ1v) is 48.2. The number of amides is 6. The van der Waals surface area contributed by atoms with E-state index in [4.69, 9.17) is 27.9 Å². The minimum absolute atomic E-state index is 0.0367. The van der Waals surface area contributed by atoms with Crippen molar-refractivity contribution in [3.05, 3.63) is 344 Å². The fraction of sp³-hybridized carbons (Fsp3) is 0.248. The molecule has 0 atom stereocenters. The van der Waals surface area contributed by atoms with Crippen LogP contribution in [-0.2, 0) is 57.9 Å². The van der Waals surface area contributed by atoms with Crippen LogP contribution in [-0.4, -0.2) is 162 Å². The maximum atomic E-state index is 13.0. The number of carbonyl (C=O) groups excluding carboxylic acids is 6. The molecule has 0 spiro atoms. The minimum atomic E-state index is -0.804. The van der Waals surface area contributed by atoms with Crippen LogP contribution in [0.1, 0.15) is 176 Å². The van der Waals surface area contributed by atoms with E-state index in [2.05, 4.69) is 139 Å². The largest absolute Gasteiger partial charge is 0.371 e. The van der Waals surface area contributed by atoms with Crippen LogP contribution in [0.3, 0.4) is 0 Å². The second-order valence-electron chi connectivity index (χ2n) is 37.2. The fourth-order valence-electron chi connectivity index (χ4n) is 19.9. The molecule has 8 aromatic carbocycles. The number of benzene rings is 8. The van der Waals surface area contributed by atoms with Gasteiger partial charge in [-0.05, 0) is 306 Å². The van der Waals surface area contributed by atoms with Crippen molar-refractivity contribution in [3.8, 4) is 22.7 Å². The second-order valence-corrected chi connectivity index (χ2v) is 37.2. The first-order chi connectivity index (χ1) is 69.4. The summed E-state index contributed by atoms with van der Waals surface area (Å²) in [5.74, 6) is -1.91. The van der Waals surface area contributed by atoms with Crippen molar-refractivity contribution in [2.24, 2.45) is 22.9 Å². The number of likely N-dealkylation sites (tertiary alicyclic amines) is 2. The number of primary amides is 4. The molecule has 3 saturated heterocycles. The van der Waals surface area contributed by atoms with E-state index in [9.17, 15) is 47.9 Å². The first kappa shape index (κ1) is 93.4. The summed E-state index contributed by atoms with van der Waals surface area (Å²) in [7, 11) is 3.39. The molecule has 11 heterocycles. The Kier molecular flexibility index (Phi) is 26.3. The van der Waals surface area contributed by atoms with Gasteiger partial charge >= 0.3 is 0 Å². The molecule has 3 aliphatic heterocycles. The highest BCUT2D eigenvalue weighted by atomic mass is 16.2. The van der Waals surface area contributed by atoms with E-state index in [1.54, 1.807) is 80.9 Å². The van der Waals surface area contributed by atoms with Crippen LogP contribution in [0.15, 0.2) is 239 Å². The Morgan fingerprint density at radius 1 is 0.322 bits per heavy atom. The predicted molar refractivity (Wildman–Crippen MR) is 551 cm³/mol. The van der Waals surface area contributed by atoms with Crippen LogP contribution in [0.4, 0.5) is 52.2 Å². The highest BCUT2D eigenvalue weighted by Gasteiger charge is 2.28. The highest BCUT2D eigenvalue weighted by Crippen LogP contribution is 2.35. The van der Waals surface area contributed by atoms with Crippen molar-refractivity contribution in [1.82, 2.24) is 72.8 Å². The van der Waals surface area contributed by atoms with Crippen molar-refractivity contribution in [2.45, 2.75) is 122 Å². The summed E-state index contributed by atoms with van der Waals surface area (Å²) in [6, 6.07) is 55.2. The number of anilines is 9. The third-order valence-corrected chi connectivity index (χ3v) is 27.4. The zero-order chi connectivity index (χ0) is 98.8. The molecule has 12 N–H and O–H groups in total. The van der Waals surface area contributed by atoms with E-state index < -0.39 is 45.3 Å². The summed E-state index contributed by atoms with van der Waals surface area (Å²) in [6.07, 6.45) is 31.4. The number of aryl methyl sites for hydroxylation is 8. The Morgan fingerprint density at radius 2 is 0.629 bits per heavy atom. The van der Waals surface area contributed by atoms with E-state index in [1.165, 1.54) is 130 Å². The standard InChI is InChI=1S/C28H26N6O3.C28H28N6O2.C27H26N6O2.C26H24N6O3/c29-25(36)23-16-34(21-11-8-17-4-3-5-19(17)14-21)26-22(24(23)35)15-30-28(32-26)31-20-9-6-18(7-10-20)27(37)33-12-1-2-13-33;29-26(36)24-17-34(22-11-8-19-4-3-5-20(19)14-22)27-23(25(24)35)15-30-28(32-27)31-21-9-6-18(7-10-21)16-33-12-1-2-13-33;28-25(35)23-16-33(21-10-9-17-5-3-6-18(17)13-21)26-22(24(23)34)15-29-27(31-26)30-19-7-4-8-20(14-19)32-11-1-2-12-32;1-31(2)25(35)16-6-9-18(10-7-16)29-26-28-13-20-22(33)21(23(27)34)14-32(24(20)30-26)19-11-8-15-4-3-5-17(15)12-19/h6-11,14-16H,1-5,12-13H2,(H2,29,36)(H,30,31,32);6-11,14-15,17H,1-5,12-13,16H2,(H2,29,36)(H,30,31,32);4,7-10,13-16H,1-3,5-6,11-12H2,(H2,28,35)(H,29,30,31);6-14H,3-5H2,1-2H3,(H2,27,34)(H,28,29,30). The zero-order valence-electron chi connectivity index (χ0n) is 79.0. The Labute approximate surface area is 819 Å². The summed E-state index contributed by atoms with van der Waals surface area (Å²) in [5, 5.41) is 13.7. The lowest BCUT2D eigenvalue weighted by molar-refractivity contribution is 0.0790. The lowest BCUT2D eigenvalue weighted by atomic mass is 10.1. The van der Waals surface area contributed by atoms with E-state index in [-0.39, 0.29) is 67.5 Å². The van der Waals surface area contributed by atoms with Crippen LogP contribution in [0.5, 0.6) is 0 Å². The van der Waals surface area contributed by atoms with Gasteiger partial charge in [-0.25, -0.2) is 19.9 Å². The van der Waals surface area contributed by atoms with E-state index in [0.29, 0.717) is 57.0 Å². The SMILES string of the molecule is CN(C)C(=O)c1ccc(Nc2ncc3c(=O)c(C(N)=O)cn(-c4ccc5c(c4)CCC5)c3n2)cc1.NC(=O)c1cn(-c2ccc3c(c2)CCC3)c2nc(Nc3ccc(C(=O)N4CCCC4)cc3)ncc2c1=O.NC(=O)c1cn(-c2ccc3c(c2)CCC3)c2nc(Nc3ccc(CN4CCCC4)cc3)ncc2c1=O.NC(=O)c1cn(-c2ccc3c(c2)CCC3)c2nc(Nc3cccc(N4CCCC4)c3)ncc2c1=O. The number of rotatable bonds is 21. The molecule has 6 amide bonds. The number of hydrogen-bond acceptors (Lipinski definition) is 24. The topological polar surface area (TPSA) is 459 Å². The molecule has 143 heavy (non-hydrogen) atoms. The monoisotopic (exact) mass is 1910 g/mol. The van der Waals surface area contributed by atoms with Gasteiger partial charge in [0.05, 0.1) is 21.5 Å². The Bertz CT molecular complexity index is 8060. The van der Waals surface area contributed by atoms with Gasteiger partial charge < -0.3 is 77.2 Å². The van der Waals surface area contributed by atoms with E-state index in [1.807, 2.05) is 53.4 Å². The van der Waals surface area contributed by atoms with Gasteiger partial charge in [-0.2, -0.15) is 19.9 Å². The number of pyridine rings is 4. The smallest absolute Gasteiger partial charge is 0.254 e. The summed E-state index contributed by atoms with van der Waals surface area (Å²) < 4.78 is 6.96. The minimum Gasteiger partial charge on any atom is -0.371 e. The van der Waals surface area contributed by atoms with Crippen molar-refractivity contribution in [2.75, 3.05) is 79.5 Å². The molecule has 34 heteroatoms. The number of fused-ring (bicyclic) bond motifs is 8. The van der Waals surface area contributed by atoms with E-state index >= 15 is 0 Å². The highest BCUT2D eigenvalue weighted by molar-refractivity contribution is 6.00. The number of aromatic nitrogens is 12. The second kappa shape index (κ2) is 40.3. The summed E-state index contributed by atoms with van der Waals surface area (Å²) >= 11 is 0. The fourth-order valence-corrected chi connectivity index (χ4v) is 19.9. The summed E-state index contributed by atoms with van der Waals surface area (Å²) in [6.45, 7) is 7.00. The lowest BCUT2D eigenvalue weighted by Crippen LogP contribution is -2.27. The first-order valence-electron chi connectivity index (χ1n) is 48.2. The van der Waals surface area contributed by atoms with Gasteiger partial charge in [0.2, 0.25) is 45.5 Å². The molecular weight excluding hydrogens is 1810 g/mol. The third kappa shape index (κ3) is 19.8. The van der Waals surface area contributed by atoms with Crippen molar-refractivity contribution in [1.29, 1.82) is 0 Å². The molecule has 16 aromatic rings. The van der Waals surface area contributed by atoms with Gasteiger partial charge in [0, 0.05) is 159 Å².